The molecule has 1 aliphatic carbocycles. The van der Waals surface area contributed by atoms with Gasteiger partial charge in [0.05, 0.1) is 5.56 Å². The van der Waals surface area contributed by atoms with Gasteiger partial charge in [0.1, 0.15) is 17.5 Å². The molecule has 0 bridgehead atoms. The lowest BCUT2D eigenvalue weighted by molar-refractivity contribution is 0.0705. The van der Waals surface area contributed by atoms with E-state index in [4.69, 9.17) is 12.2 Å². The quantitative estimate of drug-likeness (QED) is 0.847. The largest absolute Gasteiger partial charge is 0.339 e. The van der Waals surface area contributed by atoms with E-state index in [1.807, 2.05) is 0 Å². The molecule has 8 heteroatoms. The second-order valence-corrected chi connectivity index (χ2v) is 7.07. The van der Waals surface area contributed by atoms with Gasteiger partial charge in [-0.2, -0.15) is 5.10 Å². The Kier molecular flexibility index (Phi) is 4.15. The summed E-state index contributed by atoms with van der Waals surface area (Å²) in [5, 5.41) is 7.26. The number of hydrogen-bond acceptors (Lipinski definition) is 3. The fourth-order valence-corrected chi connectivity index (χ4v) is 3.75. The maximum atomic E-state index is 13.8. The van der Waals surface area contributed by atoms with E-state index in [0.29, 0.717) is 23.9 Å². The van der Waals surface area contributed by atoms with Crippen molar-refractivity contribution in [2.24, 2.45) is 0 Å². The van der Waals surface area contributed by atoms with Crippen molar-refractivity contribution in [3.05, 3.63) is 46.0 Å². The normalized spacial score (nSPS) is 18.6. The first-order valence-corrected chi connectivity index (χ1v) is 8.86. The molecule has 1 saturated carbocycles. The van der Waals surface area contributed by atoms with Gasteiger partial charge in [0.2, 0.25) is 0 Å². The van der Waals surface area contributed by atoms with Crippen LogP contribution >= 0.6 is 12.2 Å². The highest BCUT2D eigenvalue weighted by Crippen LogP contribution is 2.39. The highest BCUT2D eigenvalue weighted by molar-refractivity contribution is 7.71. The Morgan fingerprint density at radius 2 is 1.92 bits per heavy atom. The minimum Gasteiger partial charge on any atom is -0.339 e. The van der Waals surface area contributed by atoms with Gasteiger partial charge in [0, 0.05) is 25.0 Å². The number of rotatable bonds is 3. The van der Waals surface area contributed by atoms with Crippen LogP contribution in [0.4, 0.5) is 8.78 Å². The van der Waals surface area contributed by atoms with Gasteiger partial charge in [-0.3, -0.25) is 9.89 Å². The Balaban J connectivity index is 1.47. The maximum absolute atomic E-state index is 13.8. The number of likely N-dealkylation sites (tertiary alicyclic amines) is 1. The lowest BCUT2D eigenvalue weighted by Crippen LogP contribution is -2.38. The summed E-state index contributed by atoms with van der Waals surface area (Å²) in [4.78, 5) is 14.1. The second-order valence-electron chi connectivity index (χ2n) is 6.68. The van der Waals surface area contributed by atoms with Crippen molar-refractivity contribution >= 4 is 18.1 Å². The molecule has 5 nitrogen and oxygen atoms in total. The number of nitrogens with one attached hydrogen (secondary N) is 1. The van der Waals surface area contributed by atoms with E-state index in [-0.39, 0.29) is 11.5 Å². The topological polar surface area (TPSA) is 53.9 Å². The summed E-state index contributed by atoms with van der Waals surface area (Å²) in [7, 11) is 0. The molecule has 0 spiro atoms. The first kappa shape index (κ1) is 16.4. The number of amides is 1. The monoisotopic (exact) mass is 364 g/mol. The molecular weight excluding hydrogens is 346 g/mol. The molecule has 1 amide bonds. The van der Waals surface area contributed by atoms with Crippen molar-refractivity contribution in [1.29, 1.82) is 0 Å². The van der Waals surface area contributed by atoms with Crippen molar-refractivity contribution in [3.8, 4) is 0 Å². The Bertz CT molecular complexity index is 866. The summed E-state index contributed by atoms with van der Waals surface area (Å²) in [6.45, 7) is 0.980. The molecule has 1 aliphatic heterocycles. The molecule has 4 rings (SSSR count). The number of carbonyl (C=O) groups is 1. The van der Waals surface area contributed by atoms with Gasteiger partial charge in [-0.15, -0.1) is 0 Å². The summed E-state index contributed by atoms with van der Waals surface area (Å²) in [6, 6.07) is 3.41. The molecule has 2 aliphatic rings. The third-order valence-corrected chi connectivity index (χ3v) is 5.24. The fraction of sp³-hybridized carbons (Fsp3) is 0.471. The van der Waals surface area contributed by atoms with E-state index in [9.17, 15) is 13.6 Å². The zero-order chi connectivity index (χ0) is 17.6. The van der Waals surface area contributed by atoms with Crippen LogP contribution in [-0.2, 0) is 0 Å². The van der Waals surface area contributed by atoms with Gasteiger partial charge in [-0.05, 0) is 56.1 Å². The van der Waals surface area contributed by atoms with E-state index in [1.54, 1.807) is 4.90 Å². The van der Waals surface area contributed by atoms with E-state index in [0.717, 1.165) is 49.7 Å². The van der Waals surface area contributed by atoms with E-state index < -0.39 is 17.5 Å². The van der Waals surface area contributed by atoms with E-state index in [1.165, 1.54) is 0 Å². The molecule has 2 aromatic rings. The van der Waals surface area contributed by atoms with Crippen LogP contribution in [-0.4, -0.2) is 38.7 Å². The minimum atomic E-state index is -0.692. The molecule has 1 N–H and O–H groups in total. The van der Waals surface area contributed by atoms with Crippen LogP contribution < -0.4 is 0 Å². The number of piperidine rings is 1. The van der Waals surface area contributed by atoms with Gasteiger partial charge in [0.25, 0.3) is 5.91 Å². The van der Waals surface area contributed by atoms with Crippen LogP contribution in [0.1, 0.15) is 53.8 Å². The molecule has 2 heterocycles. The summed E-state index contributed by atoms with van der Waals surface area (Å²) < 4.78 is 29.9. The van der Waals surface area contributed by atoms with E-state index >= 15 is 0 Å². The molecule has 25 heavy (non-hydrogen) atoms. The van der Waals surface area contributed by atoms with Gasteiger partial charge >= 0.3 is 0 Å². The van der Waals surface area contributed by atoms with Crippen LogP contribution in [0, 0.1) is 16.4 Å². The Morgan fingerprint density at radius 3 is 2.60 bits per heavy atom. The summed E-state index contributed by atoms with van der Waals surface area (Å²) in [5.41, 5.74) is -0.209. The number of benzene rings is 1. The minimum absolute atomic E-state index is 0.209. The molecular formula is C17H18F2N4OS. The average Bonchev–Trinajstić information content (AvgIpc) is 3.38. The van der Waals surface area contributed by atoms with Crippen molar-refractivity contribution in [2.45, 2.75) is 37.6 Å². The third kappa shape index (κ3) is 3.10. The molecule has 132 valence electrons. The molecule has 2 fully saturated rings. The van der Waals surface area contributed by atoms with Gasteiger partial charge in [-0.25, -0.2) is 8.78 Å². The Morgan fingerprint density at radius 1 is 1.20 bits per heavy atom. The molecule has 0 unspecified atom stereocenters. The number of aromatic amines is 1. The second kappa shape index (κ2) is 6.33. The SMILES string of the molecule is O=C(c1cc(F)ccc1F)N1CCC(c2n[nH]c(=S)n2C2CC2)CC1. The Labute approximate surface area is 148 Å². The van der Waals surface area contributed by atoms with Crippen LogP contribution in [0.15, 0.2) is 18.2 Å². The molecule has 1 aromatic carbocycles. The maximum Gasteiger partial charge on any atom is 0.256 e. The van der Waals surface area contributed by atoms with Crippen molar-refractivity contribution in [1.82, 2.24) is 19.7 Å². The zero-order valence-electron chi connectivity index (χ0n) is 13.5. The number of H-pyrrole nitrogens is 1. The number of aromatic nitrogens is 3. The van der Waals surface area contributed by atoms with Crippen molar-refractivity contribution in [3.63, 3.8) is 0 Å². The first-order chi connectivity index (χ1) is 12.0. The lowest BCUT2D eigenvalue weighted by Gasteiger charge is -2.31. The highest BCUT2D eigenvalue weighted by atomic mass is 32.1. The predicted molar refractivity (Wildman–Crippen MR) is 89.9 cm³/mol. The van der Waals surface area contributed by atoms with Gasteiger partial charge < -0.3 is 9.47 Å². The smallest absolute Gasteiger partial charge is 0.256 e. The van der Waals surface area contributed by atoms with Crippen LogP contribution in [0.3, 0.4) is 0 Å². The number of hydrogen-bond donors (Lipinski definition) is 1. The number of halogens is 2. The standard InChI is InChI=1S/C17H18F2N4OS/c18-11-1-4-14(19)13(9-11)16(24)22-7-5-10(6-8-22)15-20-21-17(25)23(15)12-2-3-12/h1,4,9-10,12H,2-3,5-8H2,(H,21,25). The zero-order valence-corrected chi connectivity index (χ0v) is 14.4. The van der Waals surface area contributed by atoms with Crippen molar-refractivity contribution < 1.29 is 13.6 Å². The van der Waals surface area contributed by atoms with Crippen LogP contribution in [0.25, 0.3) is 0 Å². The molecule has 0 radical (unpaired) electrons. The number of nitrogens with zero attached hydrogens (tertiary/aromatic N) is 3. The first-order valence-electron chi connectivity index (χ1n) is 8.45. The fourth-order valence-electron chi connectivity index (χ4n) is 3.46. The molecule has 0 atom stereocenters. The van der Waals surface area contributed by atoms with Gasteiger partial charge in [-0.1, -0.05) is 0 Å². The Hall–Kier alpha value is -2.09. The molecule has 1 aromatic heterocycles. The summed E-state index contributed by atoms with van der Waals surface area (Å²) in [5.74, 6) is -0.592. The molecule has 1 saturated heterocycles. The highest BCUT2D eigenvalue weighted by Gasteiger charge is 2.33. The summed E-state index contributed by atoms with van der Waals surface area (Å²) in [6.07, 6.45) is 3.71. The van der Waals surface area contributed by atoms with Crippen LogP contribution in [0.5, 0.6) is 0 Å². The van der Waals surface area contributed by atoms with Crippen LogP contribution in [0.2, 0.25) is 0 Å². The predicted octanol–water partition coefficient (Wildman–Crippen LogP) is 3.57. The summed E-state index contributed by atoms with van der Waals surface area (Å²) >= 11 is 5.32. The lowest BCUT2D eigenvalue weighted by atomic mass is 9.95. The number of carbonyl (C=O) groups excluding carboxylic acids is 1. The average molecular weight is 364 g/mol. The van der Waals surface area contributed by atoms with Crippen molar-refractivity contribution in [2.75, 3.05) is 13.1 Å². The third-order valence-electron chi connectivity index (χ3n) is 4.95. The van der Waals surface area contributed by atoms with Gasteiger partial charge in [0.15, 0.2) is 4.77 Å². The van der Waals surface area contributed by atoms with E-state index in [2.05, 4.69) is 14.8 Å².